The molecule has 1 fully saturated rings. The van der Waals surface area contributed by atoms with E-state index in [1.165, 1.54) is 0 Å². The number of thiazole rings is 1. The lowest BCUT2D eigenvalue weighted by atomic mass is 10.2. The van der Waals surface area contributed by atoms with Crippen LogP contribution in [0, 0.1) is 6.92 Å². The molecule has 2 aromatic rings. The molecule has 3 rings (SSSR count). The van der Waals surface area contributed by atoms with Crippen LogP contribution in [-0.4, -0.2) is 35.0 Å². The molecule has 0 aliphatic carbocycles. The molecule has 0 bridgehead atoms. The van der Waals surface area contributed by atoms with Gasteiger partial charge in [0.15, 0.2) is 0 Å². The number of carbonyl (C=O) groups is 1. The highest BCUT2D eigenvalue weighted by Crippen LogP contribution is 2.22. The number of hydrogen-bond acceptors (Lipinski definition) is 4. The van der Waals surface area contributed by atoms with Crippen molar-refractivity contribution in [3.05, 3.63) is 28.3 Å². The Labute approximate surface area is 115 Å². The number of hydrogen-bond donors (Lipinski definition) is 3. The Morgan fingerprint density at radius 1 is 1.58 bits per heavy atom. The molecular formula is C13H16N4OS. The van der Waals surface area contributed by atoms with Crippen molar-refractivity contribution in [2.24, 2.45) is 0 Å². The third-order valence-electron chi connectivity index (χ3n) is 3.24. The number of carbonyl (C=O) groups excluding carboxylic acids is 1. The molecule has 1 unspecified atom stereocenters. The minimum absolute atomic E-state index is 0.0492. The maximum absolute atomic E-state index is 12.1. The van der Waals surface area contributed by atoms with Gasteiger partial charge in [0.05, 0.1) is 10.7 Å². The van der Waals surface area contributed by atoms with Crippen LogP contribution in [0.1, 0.15) is 21.9 Å². The topological polar surface area (TPSA) is 69.8 Å². The Bertz CT molecular complexity index is 583. The van der Waals surface area contributed by atoms with Crippen LogP contribution >= 0.6 is 11.3 Å². The van der Waals surface area contributed by atoms with Crippen molar-refractivity contribution in [3.8, 4) is 11.3 Å². The van der Waals surface area contributed by atoms with E-state index in [1.807, 2.05) is 24.6 Å². The summed E-state index contributed by atoms with van der Waals surface area (Å²) in [5.74, 6) is -0.0492. The van der Waals surface area contributed by atoms with E-state index >= 15 is 0 Å². The smallest absolute Gasteiger partial charge is 0.267 e. The van der Waals surface area contributed by atoms with Gasteiger partial charge in [0.1, 0.15) is 5.69 Å². The molecule has 0 aromatic carbocycles. The van der Waals surface area contributed by atoms with Gasteiger partial charge in [0, 0.05) is 29.7 Å². The van der Waals surface area contributed by atoms with Crippen LogP contribution in [0.4, 0.5) is 0 Å². The van der Waals surface area contributed by atoms with E-state index < -0.39 is 0 Å². The summed E-state index contributed by atoms with van der Waals surface area (Å²) in [6, 6.07) is 2.09. The maximum atomic E-state index is 12.1. The highest BCUT2D eigenvalue weighted by atomic mass is 32.1. The average molecular weight is 276 g/mol. The largest absolute Gasteiger partial charge is 0.357 e. The Morgan fingerprint density at radius 2 is 2.47 bits per heavy atom. The summed E-state index contributed by atoms with van der Waals surface area (Å²) < 4.78 is 0. The molecule has 5 nitrogen and oxygen atoms in total. The fraction of sp³-hybridized carbons (Fsp3) is 0.385. The summed E-state index contributed by atoms with van der Waals surface area (Å²) in [5.41, 5.74) is 2.46. The van der Waals surface area contributed by atoms with E-state index in [-0.39, 0.29) is 11.9 Å². The molecule has 0 saturated carbocycles. The SMILES string of the molecule is Cc1nc(-c2c[nH]c(C(=O)NC3CCNC3)c2)cs1. The predicted molar refractivity (Wildman–Crippen MR) is 75.4 cm³/mol. The molecule has 0 spiro atoms. The van der Waals surface area contributed by atoms with Crippen LogP contribution < -0.4 is 10.6 Å². The van der Waals surface area contributed by atoms with Crippen LogP contribution in [0.15, 0.2) is 17.6 Å². The third-order valence-corrected chi connectivity index (χ3v) is 4.01. The molecule has 3 N–H and O–H groups in total. The summed E-state index contributed by atoms with van der Waals surface area (Å²) in [5, 5.41) is 9.27. The summed E-state index contributed by atoms with van der Waals surface area (Å²) in [6.07, 6.45) is 2.82. The van der Waals surface area contributed by atoms with Gasteiger partial charge >= 0.3 is 0 Å². The standard InChI is InChI=1S/C13H16N4OS/c1-8-16-12(7-19-8)9-4-11(15-5-9)13(18)17-10-2-3-14-6-10/h4-5,7,10,14-15H,2-3,6H2,1H3,(H,17,18). The molecule has 100 valence electrons. The van der Waals surface area contributed by atoms with Crippen LogP contribution in [0.2, 0.25) is 0 Å². The number of aryl methyl sites for hydroxylation is 1. The monoisotopic (exact) mass is 276 g/mol. The van der Waals surface area contributed by atoms with Crippen molar-refractivity contribution in [2.45, 2.75) is 19.4 Å². The van der Waals surface area contributed by atoms with E-state index in [2.05, 4.69) is 20.6 Å². The third kappa shape index (κ3) is 2.69. The molecule has 0 radical (unpaired) electrons. The van der Waals surface area contributed by atoms with Gasteiger partial charge in [0.25, 0.3) is 5.91 Å². The average Bonchev–Trinajstić information content (AvgIpc) is 3.07. The maximum Gasteiger partial charge on any atom is 0.267 e. The second-order valence-corrected chi connectivity index (χ2v) is 5.78. The molecular weight excluding hydrogens is 260 g/mol. The van der Waals surface area contributed by atoms with Crippen molar-refractivity contribution < 1.29 is 4.79 Å². The van der Waals surface area contributed by atoms with Crippen LogP contribution in [0.3, 0.4) is 0 Å². The molecule has 2 aromatic heterocycles. The zero-order valence-electron chi connectivity index (χ0n) is 10.7. The van der Waals surface area contributed by atoms with Crippen molar-refractivity contribution in [1.29, 1.82) is 0 Å². The van der Waals surface area contributed by atoms with Gasteiger partial charge in [-0.1, -0.05) is 0 Å². The van der Waals surface area contributed by atoms with Crippen LogP contribution in [-0.2, 0) is 0 Å². The molecule has 1 saturated heterocycles. The van der Waals surface area contributed by atoms with E-state index in [1.54, 1.807) is 11.3 Å². The first kappa shape index (κ1) is 12.4. The molecule has 1 atom stereocenters. The fourth-order valence-corrected chi connectivity index (χ4v) is 2.83. The summed E-state index contributed by atoms with van der Waals surface area (Å²) in [7, 11) is 0. The molecule has 19 heavy (non-hydrogen) atoms. The first-order valence-electron chi connectivity index (χ1n) is 6.35. The quantitative estimate of drug-likeness (QED) is 0.796. The van der Waals surface area contributed by atoms with E-state index in [4.69, 9.17) is 0 Å². The minimum Gasteiger partial charge on any atom is -0.357 e. The Kier molecular flexibility index (Phi) is 3.35. The minimum atomic E-state index is -0.0492. The van der Waals surface area contributed by atoms with E-state index in [0.717, 1.165) is 35.8 Å². The number of amides is 1. The van der Waals surface area contributed by atoms with Gasteiger partial charge in [-0.2, -0.15) is 0 Å². The summed E-state index contributed by atoms with van der Waals surface area (Å²) >= 11 is 1.61. The van der Waals surface area contributed by atoms with Gasteiger partial charge in [-0.15, -0.1) is 11.3 Å². The zero-order chi connectivity index (χ0) is 13.2. The fourth-order valence-electron chi connectivity index (χ4n) is 2.21. The van der Waals surface area contributed by atoms with E-state index in [0.29, 0.717) is 5.69 Å². The first-order chi connectivity index (χ1) is 9.22. The van der Waals surface area contributed by atoms with Crippen LogP contribution in [0.25, 0.3) is 11.3 Å². The summed E-state index contributed by atoms with van der Waals surface area (Å²) in [6.45, 7) is 3.80. The highest BCUT2D eigenvalue weighted by Gasteiger charge is 2.18. The van der Waals surface area contributed by atoms with E-state index in [9.17, 15) is 4.79 Å². The molecule has 6 heteroatoms. The molecule has 1 aliphatic heterocycles. The second kappa shape index (κ2) is 5.14. The normalized spacial score (nSPS) is 18.7. The lowest BCUT2D eigenvalue weighted by Crippen LogP contribution is -2.36. The molecule has 3 heterocycles. The lowest BCUT2D eigenvalue weighted by Gasteiger charge is -2.09. The second-order valence-electron chi connectivity index (χ2n) is 4.72. The van der Waals surface area contributed by atoms with Gasteiger partial charge in [-0.05, 0) is 26.0 Å². The summed E-state index contributed by atoms with van der Waals surface area (Å²) in [4.78, 5) is 19.5. The Morgan fingerprint density at radius 3 is 3.16 bits per heavy atom. The zero-order valence-corrected chi connectivity index (χ0v) is 11.5. The molecule has 1 aliphatic rings. The number of aromatic nitrogens is 2. The lowest BCUT2D eigenvalue weighted by molar-refractivity contribution is 0.0935. The van der Waals surface area contributed by atoms with Gasteiger partial charge < -0.3 is 15.6 Å². The number of rotatable bonds is 3. The van der Waals surface area contributed by atoms with Gasteiger partial charge in [0.2, 0.25) is 0 Å². The van der Waals surface area contributed by atoms with Crippen molar-refractivity contribution in [2.75, 3.05) is 13.1 Å². The van der Waals surface area contributed by atoms with Gasteiger partial charge in [-0.25, -0.2) is 4.98 Å². The highest BCUT2D eigenvalue weighted by molar-refractivity contribution is 7.09. The van der Waals surface area contributed by atoms with Crippen molar-refractivity contribution >= 4 is 17.2 Å². The van der Waals surface area contributed by atoms with Crippen molar-refractivity contribution in [1.82, 2.24) is 20.6 Å². The predicted octanol–water partition coefficient (Wildman–Crippen LogP) is 1.54. The number of aromatic amines is 1. The first-order valence-corrected chi connectivity index (χ1v) is 7.23. The van der Waals surface area contributed by atoms with Gasteiger partial charge in [-0.3, -0.25) is 4.79 Å². The Hall–Kier alpha value is -1.66. The van der Waals surface area contributed by atoms with Crippen molar-refractivity contribution in [3.63, 3.8) is 0 Å². The number of nitrogens with zero attached hydrogens (tertiary/aromatic N) is 1. The number of nitrogens with one attached hydrogen (secondary N) is 3. The molecule has 1 amide bonds. The van der Waals surface area contributed by atoms with Crippen LogP contribution in [0.5, 0.6) is 0 Å². The Balaban J connectivity index is 1.71. The number of H-pyrrole nitrogens is 1.